The lowest BCUT2D eigenvalue weighted by atomic mass is 10.1. The van der Waals surface area contributed by atoms with E-state index in [-0.39, 0.29) is 42.0 Å². The zero-order valence-corrected chi connectivity index (χ0v) is 23.0. The van der Waals surface area contributed by atoms with Gasteiger partial charge in [0.05, 0.1) is 29.6 Å². The Bertz CT molecular complexity index is 1700. The van der Waals surface area contributed by atoms with Gasteiger partial charge in [0.15, 0.2) is 17.3 Å². The topological polar surface area (TPSA) is 124 Å². The van der Waals surface area contributed by atoms with Crippen LogP contribution in [0.1, 0.15) is 51.9 Å². The number of amides is 1. The average molecular weight is 548 g/mol. The summed E-state index contributed by atoms with van der Waals surface area (Å²) in [6.45, 7) is 10.5. The quantitative estimate of drug-likeness (QED) is 0.372. The lowest BCUT2D eigenvalue weighted by Gasteiger charge is -2.44. The zero-order chi connectivity index (χ0) is 28.3. The van der Waals surface area contributed by atoms with E-state index >= 15 is 4.39 Å². The molecule has 4 aromatic heterocycles. The molecule has 0 N–H and O–H groups in total. The van der Waals surface area contributed by atoms with E-state index in [1.54, 1.807) is 30.3 Å². The number of carbonyl (C=O) groups is 1. The van der Waals surface area contributed by atoms with Crippen molar-refractivity contribution in [1.82, 2.24) is 39.4 Å². The van der Waals surface area contributed by atoms with E-state index in [0.29, 0.717) is 53.5 Å². The van der Waals surface area contributed by atoms with Crippen molar-refractivity contribution in [3.05, 3.63) is 52.2 Å². The summed E-state index contributed by atoms with van der Waals surface area (Å²) in [5.41, 5.74) is 1.26. The summed E-state index contributed by atoms with van der Waals surface area (Å²) in [6, 6.07) is 2.74. The number of carbonyl (C=O) groups excluding carboxylic acids is 1. The number of pyridine rings is 2. The molecule has 2 aliphatic heterocycles. The first kappa shape index (κ1) is 25.8. The van der Waals surface area contributed by atoms with Gasteiger partial charge in [-0.3, -0.25) is 9.78 Å². The van der Waals surface area contributed by atoms with Gasteiger partial charge >= 0.3 is 5.69 Å². The average Bonchev–Trinajstić information content (AvgIpc) is 3.36. The molecule has 2 bridgehead atoms. The molecular weight excluding hydrogens is 517 g/mol. The number of nitrogens with zero attached hydrogens (tertiary/aromatic N) is 9. The van der Waals surface area contributed by atoms with Crippen molar-refractivity contribution in [1.29, 1.82) is 0 Å². The number of hydrogen-bond donors (Lipinski definition) is 0. The molecule has 0 aliphatic carbocycles. The summed E-state index contributed by atoms with van der Waals surface area (Å²) in [4.78, 5) is 43.7. The number of piperazine rings is 1. The fourth-order valence-corrected chi connectivity index (χ4v) is 5.61. The summed E-state index contributed by atoms with van der Waals surface area (Å²) in [5, 5.41) is 8.39. The molecule has 208 valence electrons. The van der Waals surface area contributed by atoms with Crippen molar-refractivity contribution in [3.63, 3.8) is 0 Å². The second-order valence-electron chi connectivity index (χ2n) is 10.7. The predicted molar refractivity (Wildman–Crippen MR) is 145 cm³/mol. The van der Waals surface area contributed by atoms with Crippen molar-refractivity contribution in [2.75, 3.05) is 24.6 Å². The Hall–Kier alpha value is -4.42. The molecule has 12 nitrogen and oxygen atoms in total. The van der Waals surface area contributed by atoms with E-state index in [1.807, 2.05) is 32.6 Å². The molecular formula is C27H30FN9O3. The molecule has 1 saturated heterocycles. The Balaban J connectivity index is 1.68. The SMILES string of the molecule is CC(=O)N1C[C@H](C)N(c2nc(=O)n3c4nc(c(F)cc24)-n2nncc2CCOc2ccnc(C(C)C)c2-3)C[C@H]1C. The van der Waals surface area contributed by atoms with Gasteiger partial charge in [0.25, 0.3) is 0 Å². The van der Waals surface area contributed by atoms with Crippen LogP contribution >= 0.6 is 0 Å². The van der Waals surface area contributed by atoms with Crippen molar-refractivity contribution in [2.45, 2.75) is 59.0 Å². The summed E-state index contributed by atoms with van der Waals surface area (Å²) < 4.78 is 24.7. The third kappa shape index (κ3) is 4.07. The van der Waals surface area contributed by atoms with E-state index in [2.05, 4.69) is 20.3 Å². The molecule has 2 aliphatic rings. The van der Waals surface area contributed by atoms with Crippen LogP contribution in [0.4, 0.5) is 10.2 Å². The Labute approximate surface area is 229 Å². The van der Waals surface area contributed by atoms with Crippen LogP contribution in [-0.4, -0.2) is 77.1 Å². The molecule has 6 rings (SSSR count). The number of halogens is 1. The maximum absolute atomic E-state index is 15.9. The maximum Gasteiger partial charge on any atom is 0.356 e. The smallest absolute Gasteiger partial charge is 0.356 e. The lowest BCUT2D eigenvalue weighted by molar-refractivity contribution is -0.131. The van der Waals surface area contributed by atoms with Crippen LogP contribution in [0.25, 0.3) is 22.5 Å². The standard InChI is InChI=1S/C27H30FN9O3/c1-14(2)22-23-21(6-8-29-22)40-9-7-18-11-30-33-37(18)26-20(28)10-19-24(32-27(39)36(23)25(19)31-26)35-13-15(3)34(17(5)38)12-16(35)4/h6,8,10-11,14-16H,7,9,12-13H2,1-5H3/t15-,16+/m1/s1. The minimum Gasteiger partial charge on any atom is -0.491 e. The van der Waals surface area contributed by atoms with Gasteiger partial charge in [-0.05, 0) is 25.8 Å². The van der Waals surface area contributed by atoms with E-state index in [1.165, 1.54) is 15.3 Å². The third-order valence-electron chi connectivity index (χ3n) is 7.57. The largest absolute Gasteiger partial charge is 0.491 e. The van der Waals surface area contributed by atoms with Crippen molar-refractivity contribution >= 4 is 22.8 Å². The number of anilines is 1. The molecule has 0 saturated carbocycles. The second kappa shape index (κ2) is 9.65. The molecule has 6 heterocycles. The molecule has 1 fully saturated rings. The predicted octanol–water partition coefficient (Wildman–Crippen LogP) is 2.40. The van der Waals surface area contributed by atoms with Crippen LogP contribution in [0.15, 0.2) is 29.3 Å². The number of rotatable bonds is 2. The van der Waals surface area contributed by atoms with Crippen molar-refractivity contribution in [3.8, 4) is 17.3 Å². The Morgan fingerprint density at radius 2 is 1.95 bits per heavy atom. The summed E-state index contributed by atoms with van der Waals surface area (Å²) in [5.74, 6) is -0.0440. The highest BCUT2D eigenvalue weighted by Crippen LogP contribution is 2.35. The molecule has 0 unspecified atom stereocenters. The number of aromatic nitrogens is 7. The van der Waals surface area contributed by atoms with Gasteiger partial charge in [0.1, 0.15) is 17.3 Å². The summed E-state index contributed by atoms with van der Waals surface area (Å²) in [6.07, 6.45) is 3.57. The molecule has 2 atom stereocenters. The van der Waals surface area contributed by atoms with E-state index in [0.717, 1.165) is 0 Å². The normalized spacial score (nSPS) is 18.9. The van der Waals surface area contributed by atoms with Gasteiger partial charge in [-0.15, -0.1) is 5.10 Å². The van der Waals surface area contributed by atoms with Crippen LogP contribution in [0.5, 0.6) is 5.75 Å². The molecule has 0 radical (unpaired) electrons. The molecule has 0 aromatic carbocycles. The fourth-order valence-electron chi connectivity index (χ4n) is 5.61. The Kier molecular flexibility index (Phi) is 6.23. The molecule has 4 aromatic rings. The molecule has 0 spiro atoms. The van der Waals surface area contributed by atoms with Crippen LogP contribution < -0.4 is 15.3 Å². The highest BCUT2D eigenvalue weighted by Gasteiger charge is 2.34. The van der Waals surface area contributed by atoms with Gasteiger partial charge in [-0.2, -0.15) is 9.67 Å². The second-order valence-corrected chi connectivity index (χ2v) is 10.7. The number of ether oxygens (including phenoxy) is 1. The van der Waals surface area contributed by atoms with Crippen molar-refractivity contribution < 1.29 is 13.9 Å². The zero-order valence-electron chi connectivity index (χ0n) is 23.0. The first-order valence-electron chi connectivity index (χ1n) is 13.3. The van der Waals surface area contributed by atoms with E-state index in [4.69, 9.17) is 9.72 Å². The summed E-state index contributed by atoms with van der Waals surface area (Å²) >= 11 is 0. The minimum absolute atomic E-state index is 0.0240. The van der Waals surface area contributed by atoms with Gasteiger partial charge in [-0.25, -0.2) is 18.7 Å². The molecule has 1 amide bonds. The Morgan fingerprint density at radius 3 is 2.70 bits per heavy atom. The van der Waals surface area contributed by atoms with Gasteiger partial charge in [0.2, 0.25) is 5.91 Å². The van der Waals surface area contributed by atoms with Crippen molar-refractivity contribution in [2.24, 2.45) is 0 Å². The highest BCUT2D eigenvalue weighted by molar-refractivity contribution is 5.90. The highest BCUT2D eigenvalue weighted by atomic mass is 19.1. The maximum atomic E-state index is 15.9. The fraction of sp³-hybridized carbons (Fsp3) is 0.444. The van der Waals surface area contributed by atoms with Gasteiger partial charge in [-0.1, -0.05) is 19.1 Å². The summed E-state index contributed by atoms with van der Waals surface area (Å²) in [7, 11) is 0. The minimum atomic E-state index is -0.633. The van der Waals surface area contributed by atoms with Crippen LogP contribution in [0.2, 0.25) is 0 Å². The molecule has 40 heavy (non-hydrogen) atoms. The van der Waals surface area contributed by atoms with Crippen LogP contribution in [0, 0.1) is 5.82 Å². The Morgan fingerprint density at radius 1 is 1.15 bits per heavy atom. The van der Waals surface area contributed by atoms with Gasteiger partial charge < -0.3 is 14.5 Å². The van der Waals surface area contributed by atoms with E-state index < -0.39 is 11.5 Å². The van der Waals surface area contributed by atoms with Crippen LogP contribution in [0.3, 0.4) is 0 Å². The molecule has 13 heteroatoms. The monoisotopic (exact) mass is 547 g/mol. The number of hydrogen-bond acceptors (Lipinski definition) is 9. The third-order valence-corrected chi connectivity index (χ3v) is 7.57. The first-order chi connectivity index (χ1) is 19.2. The van der Waals surface area contributed by atoms with E-state index in [9.17, 15) is 9.59 Å². The van der Waals surface area contributed by atoms with Crippen LogP contribution in [-0.2, 0) is 11.2 Å². The number of fused-ring (bicyclic) bond motifs is 5. The first-order valence-corrected chi connectivity index (χ1v) is 13.3. The lowest BCUT2D eigenvalue weighted by Crippen LogP contribution is -2.58. The van der Waals surface area contributed by atoms with Gasteiger partial charge in [0, 0.05) is 50.8 Å².